The van der Waals surface area contributed by atoms with Crippen LogP contribution in [0.2, 0.25) is 0 Å². The summed E-state index contributed by atoms with van der Waals surface area (Å²) in [6.07, 6.45) is 3.36. The van der Waals surface area contributed by atoms with Gasteiger partial charge in [0.05, 0.1) is 10.2 Å². The third-order valence-corrected chi connectivity index (χ3v) is 3.93. The summed E-state index contributed by atoms with van der Waals surface area (Å²) in [6, 6.07) is 0.521. The molecule has 5 heteroatoms. The maximum atomic E-state index is 12.2. The highest BCUT2D eigenvalue weighted by Crippen LogP contribution is 2.33. The molecule has 2 aliphatic rings. The zero-order chi connectivity index (χ0) is 10.6. The van der Waals surface area contributed by atoms with Crippen LogP contribution >= 0.6 is 15.9 Å². The maximum absolute atomic E-state index is 12.2. The summed E-state index contributed by atoms with van der Waals surface area (Å²) in [5.74, 6) is 0.204. The molecule has 0 spiro atoms. The van der Waals surface area contributed by atoms with Crippen molar-refractivity contribution >= 4 is 35.3 Å². The summed E-state index contributed by atoms with van der Waals surface area (Å²) >= 11 is 3.44. The molecule has 3 nitrogen and oxygen atoms in total. The van der Waals surface area contributed by atoms with Crippen LogP contribution in [0, 0.1) is 0 Å². The van der Waals surface area contributed by atoms with E-state index < -0.39 is 0 Å². The van der Waals surface area contributed by atoms with Gasteiger partial charge in [-0.2, -0.15) is 0 Å². The van der Waals surface area contributed by atoms with E-state index in [0.29, 0.717) is 6.04 Å². The highest BCUT2D eigenvalue weighted by Gasteiger charge is 2.37. The molecule has 1 aromatic heterocycles. The van der Waals surface area contributed by atoms with Gasteiger partial charge >= 0.3 is 0 Å². The molecule has 0 bridgehead atoms. The molecule has 1 saturated carbocycles. The fraction of sp³-hybridized carbons (Fsp3) is 0.500. The van der Waals surface area contributed by atoms with Gasteiger partial charge in [-0.3, -0.25) is 4.79 Å². The highest BCUT2D eigenvalue weighted by molar-refractivity contribution is 9.10. The van der Waals surface area contributed by atoms with Crippen molar-refractivity contribution in [1.82, 2.24) is 9.88 Å². The first kappa shape index (κ1) is 9.52. The largest absolute Gasteiger partial charge is 0.361 e. The van der Waals surface area contributed by atoms with Gasteiger partial charge in [0.15, 0.2) is 7.85 Å². The van der Waals surface area contributed by atoms with Gasteiger partial charge in [-0.25, -0.2) is 0 Å². The summed E-state index contributed by atoms with van der Waals surface area (Å²) in [5, 5.41) is 0. The summed E-state index contributed by atoms with van der Waals surface area (Å²) in [7, 11) is 2.03. The van der Waals surface area contributed by atoms with Crippen molar-refractivity contribution < 1.29 is 4.79 Å². The van der Waals surface area contributed by atoms with E-state index in [0.717, 1.165) is 28.7 Å². The number of hydrogen-bond acceptors (Lipinski definition) is 1. The normalized spacial score (nSPS) is 20.6. The smallest absolute Gasteiger partial charge is 0.257 e. The van der Waals surface area contributed by atoms with Gasteiger partial charge in [0, 0.05) is 12.6 Å². The molecule has 0 saturated heterocycles. The van der Waals surface area contributed by atoms with Crippen LogP contribution in [0.25, 0.3) is 0 Å². The Kier molecular flexibility index (Phi) is 1.99. The molecule has 0 unspecified atom stereocenters. The molecule has 2 heterocycles. The van der Waals surface area contributed by atoms with Crippen LogP contribution in [0.3, 0.4) is 0 Å². The van der Waals surface area contributed by atoms with Crippen molar-refractivity contribution in [3.63, 3.8) is 0 Å². The van der Waals surface area contributed by atoms with Gasteiger partial charge < -0.3 is 9.88 Å². The van der Waals surface area contributed by atoms with E-state index >= 15 is 0 Å². The Morgan fingerprint density at radius 1 is 1.47 bits per heavy atom. The Bertz CT molecular complexity index is 439. The Labute approximate surface area is 97.8 Å². The molecule has 0 aromatic carbocycles. The number of fused-ring (bicyclic) bond motifs is 1. The van der Waals surface area contributed by atoms with Crippen LogP contribution in [-0.4, -0.2) is 36.2 Å². The maximum Gasteiger partial charge on any atom is 0.257 e. The number of hydrogen-bond donors (Lipinski definition) is 1. The van der Waals surface area contributed by atoms with E-state index in [-0.39, 0.29) is 5.91 Å². The number of rotatable bonds is 1. The molecule has 78 valence electrons. The van der Waals surface area contributed by atoms with E-state index in [9.17, 15) is 4.79 Å². The van der Waals surface area contributed by atoms with Gasteiger partial charge in [0.25, 0.3) is 5.91 Å². The third-order valence-electron chi connectivity index (χ3n) is 3.34. The second-order valence-electron chi connectivity index (χ2n) is 4.40. The van der Waals surface area contributed by atoms with Crippen molar-refractivity contribution in [2.75, 3.05) is 6.54 Å². The number of halogens is 1. The van der Waals surface area contributed by atoms with Crippen molar-refractivity contribution in [3.8, 4) is 0 Å². The van der Waals surface area contributed by atoms with Crippen LogP contribution in [0.5, 0.6) is 0 Å². The molecule has 1 aliphatic heterocycles. The van der Waals surface area contributed by atoms with Crippen LogP contribution in [0.15, 0.2) is 4.60 Å². The van der Waals surface area contributed by atoms with Crippen LogP contribution < -0.4 is 5.59 Å². The lowest BCUT2D eigenvalue weighted by atomic mass is 9.92. The topological polar surface area (TPSA) is 36.1 Å². The van der Waals surface area contributed by atoms with Gasteiger partial charge in [0.1, 0.15) is 0 Å². The number of amides is 1. The third kappa shape index (κ3) is 1.36. The lowest BCUT2D eigenvalue weighted by Crippen LogP contribution is -2.39. The Hall–Kier alpha value is -0.705. The zero-order valence-electron chi connectivity index (χ0n) is 8.64. The first-order valence-corrected chi connectivity index (χ1v) is 6.15. The zero-order valence-corrected chi connectivity index (χ0v) is 10.2. The number of H-pyrrole nitrogens is 1. The quantitative estimate of drug-likeness (QED) is 0.725. The Balaban J connectivity index is 2.04. The minimum atomic E-state index is 0.204. The molecule has 1 aromatic rings. The van der Waals surface area contributed by atoms with Crippen molar-refractivity contribution in [2.45, 2.75) is 25.3 Å². The van der Waals surface area contributed by atoms with Gasteiger partial charge in [0.2, 0.25) is 0 Å². The Morgan fingerprint density at radius 3 is 2.87 bits per heavy atom. The van der Waals surface area contributed by atoms with E-state index in [1.807, 2.05) is 12.7 Å². The van der Waals surface area contributed by atoms with Gasteiger partial charge in [-0.1, -0.05) is 0 Å². The predicted molar refractivity (Wildman–Crippen MR) is 64.4 cm³/mol. The molecule has 15 heavy (non-hydrogen) atoms. The van der Waals surface area contributed by atoms with Crippen molar-refractivity contribution in [2.24, 2.45) is 0 Å². The summed E-state index contributed by atoms with van der Waals surface area (Å²) in [5.41, 5.74) is 3.19. The molecule has 1 amide bonds. The first-order chi connectivity index (χ1) is 7.18. The van der Waals surface area contributed by atoms with Gasteiger partial charge in [-0.15, -0.1) is 0 Å². The molecule has 1 fully saturated rings. The number of aromatic amines is 1. The average Bonchev–Trinajstić information content (AvgIpc) is 2.96. The first-order valence-electron chi connectivity index (χ1n) is 5.36. The standard InChI is InChI=1S/C10H12BBrN2O/c11-8-6-3-4-14(5-1-2-5)10(15)7(6)9(12)13-8/h5,13H,1-4,11H2. The van der Waals surface area contributed by atoms with E-state index in [2.05, 4.69) is 20.9 Å². The number of nitrogens with zero attached hydrogens (tertiary/aromatic N) is 1. The predicted octanol–water partition coefficient (Wildman–Crippen LogP) is 0.196. The minimum Gasteiger partial charge on any atom is -0.361 e. The lowest BCUT2D eigenvalue weighted by molar-refractivity contribution is 0.0727. The van der Waals surface area contributed by atoms with Gasteiger partial charge in [-0.05, 0) is 46.3 Å². The van der Waals surface area contributed by atoms with E-state index in [1.54, 1.807) is 0 Å². The SMILES string of the molecule is Bc1[nH]c(Br)c2c1CCN(C1CC1)C2=O. The van der Waals surface area contributed by atoms with E-state index in [1.165, 1.54) is 18.4 Å². The van der Waals surface area contributed by atoms with Crippen molar-refractivity contribution in [1.29, 1.82) is 0 Å². The molecule has 1 N–H and O–H groups in total. The monoisotopic (exact) mass is 266 g/mol. The van der Waals surface area contributed by atoms with Crippen LogP contribution in [0.4, 0.5) is 0 Å². The van der Waals surface area contributed by atoms with Crippen LogP contribution in [0.1, 0.15) is 28.8 Å². The number of carbonyl (C=O) groups excluding carboxylic acids is 1. The molecular formula is C10H12BBrN2O. The number of carbonyl (C=O) groups is 1. The molecule has 1 aliphatic carbocycles. The Morgan fingerprint density at radius 2 is 2.20 bits per heavy atom. The summed E-state index contributed by atoms with van der Waals surface area (Å²) in [6.45, 7) is 0.891. The lowest BCUT2D eigenvalue weighted by Gasteiger charge is -2.27. The molecule has 3 rings (SSSR count). The molecular weight excluding hydrogens is 255 g/mol. The van der Waals surface area contributed by atoms with E-state index in [4.69, 9.17) is 0 Å². The highest BCUT2D eigenvalue weighted by atomic mass is 79.9. The van der Waals surface area contributed by atoms with Crippen LogP contribution in [-0.2, 0) is 6.42 Å². The number of aromatic nitrogens is 1. The van der Waals surface area contributed by atoms with Crippen molar-refractivity contribution in [3.05, 3.63) is 15.7 Å². The second-order valence-corrected chi connectivity index (χ2v) is 5.19. The molecule has 0 atom stereocenters. The fourth-order valence-electron chi connectivity index (χ4n) is 2.37. The summed E-state index contributed by atoms with van der Waals surface area (Å²) < 4.78 is 0.852. The summed E-state index contributed by atoms with van der Waals surface area (Å²) in [4.78, 5) is 17.4. The average molecular weight is 267 g/mol. The molecule has 0 radical (unpaired) electrons. The minimum absolute atomic E-state index is 0.204. The number of nitrogens with one attached hydrogen (secondary N) is 1. The second kappa shape index (κ2) is 3.14. The fourth-order valence-corrected chi connectivity index (χ4v) is 3.08.